The minimum atomic E-state index is 0.375. The summed E-state index contributed by atoms with van der Waals surface area (Å²) in [6.45, 7) is 0.375. The van der Waals surface area contributed by atoms with E-state index in [-0.39, 0.29) is 0 Å². The number of carbonyl (C=O) groups excluding carboxylic acids is 1. The van der Waals surface area contributed by atoms with E-state index in [1.807, 2.05) is 12.1 Å². The fourth-order valence-electron chi connectivity index (χ4n) is 0.342. The van der Waals surface area contributed by atoms with Crippen molar-refractivity contribution in [3.05, 3.63) is 29.0 Å². The van der Waals surface area contributed by atoms with E-state index in [0.717, 1.165) is 4.47 Å². The van der Waals surface area contributed by atoms with Crippen LogP contribution in [0.4, 0.5) is 0 Å². The average Bonchev–Trinajstić information content (AvgIpc) is 2.07. The number of ether oxygens (including phenoxy) is 1. The van der Waals surface area contributed by atoms with Crippen molar-refractivity contribution in [2.45, 2.75) is 0 Å². The van der Waals surface area contributed by atoms with Crippen LogP contribution in [0.2, 0.25) is 0 Å². The molecule has 4 heteroatoms. The predicted molar refractivity (Wildman–Crippen MR) is 45.0 cm³/mol. The first-order valence-corrected chi connectivity index (χ1v) is 3.62. The van der Waals surface area contributed by atoms with Crippen LogP contribution in [0.5, 0.6) is 0 Å². The van der Waals surface area contributed by atoms with E-state index in [1.165, 1.54) is 7.11 Å². The molecule has 0 aliphatic carbocycles. The van der Waals surface area contributed by atoms with Crippen molar-refractivity contribution in [2.75, 3.05) is 7.11 Å². The molecular formula is C7H8BrNO2. The Labute approximate surface area is 73.5 Å². The highest BCUT2D eigenvalue weighted by Gasteiger charge is 1.75. The van der Waals surface area contributed by atoms with Crippen LogP contribution in [0.1, 0.15) is 0 Å². The molecule has 0 unspecified atom stereocenters. The van der Waals surface area contributed by atoms with Gasteiger partial charge in [-0.2, -0.15) is 0 Å². The highest BCUT2D eigenvalue weighted by Crippen LogP contribution is 2.02. The molecule has 0 saturated carbocycles. The SMILES string of the molecule is Brc1cccnc1.COC=O. The highest BCUT2D eigenvalue weighted by atomic mass is 79.9. The molecule has 1 rings (SSSR count). The van der Waals surface area contributed by atoms with Gasteiger partial charge in [0.05, 0.1) is 7.11 Å². The molecule has 0 amide bonds. The van der Waals surface area contributed by atoms with Crippen LogP contribution in [0.15, 0.2) is 29.0 Å². The minimum Gasteiger partial charge on any atom is -0.471 e. The molecule has 0 aliphatic heterocycles. The van der Waals surface area contributed by atoms with Gasteiger partial charge in [0, 0.05) is 16.9 Å². The maximum atomic E-state index is 8.95. The average molecular weight is 218 g/mol. The van der Waals surface area contributed by atoms with Gasteiger partial charge in [-0.15, -0.1) is 0 Å². The van der Waals surface area contributed by atoms with Gasteiger partial charge in [0.1, 0.15) is 0 Å². The second kappa shape index (κ2) is 7.21. The zero-order valence-corrected chi connectivity index (χ0v) is 7.61. The van der Waals surface area contributed by atoms with Crippen LogP contribution >= 0.6 is 15.9 Å². The standard InChI is InChI=1S/C5H4BrN.C2H4O2/c6-5-2-1-3-7-4-5;1-4-2-3/h1-4H;2H,1H3. The lowest BCUT2D eigenvalue weighted by Gasteiger charge is -1.80. The summed E-state index contributed by atoms with van der Waals surface area (Å²) in [7, 11) is 1.31. The first-order chi connectivity index (χ1) is 5.31. The smallest absolute Gasteiger partial charge is 0.292 e. The van der Waals surface area contributed by atoms with Gasteiger partial charge in [-0.05, 0) is 28.1 Å². The Balaban J connectivity index is 0.000000218. The predicted octanol–water partition coefficient (Wildman–Crippen LogP) is 1.63. The zero-order valence-electron chi connectivity index (χ0n) is 6.03. The maximum Gasteiger partial charge on any atom is 0.292 e. The first kappa shape index (κ1) is 10.1. The van der Waals surface area contributed by atoms with Crippen molar-refractivity contribution < 1.29 is 9.53 Å². The van der Waals surface area contributed by atoms with Crippen LogP contribution < -0.4 is 0 Å². The third-order valence-corrected chi connectivity index (χ3v) is 1.19. The van der Waals surface area contributed by atoms with E-state index in [9.17, 15) is 0 Å². The molecule has 0 spiro atoms. The number of hydrogen-bond donors (Lipinski definition) is 0. The van der Waals surface area contributed by atoms with Crippen molar-refractivity contribution in [1.29, 1.82) is 0 Å². The molecule has 0 atom stereocenters. The fraction of sp³-hybridized carbons (Fsp3) is 0.143. The van der Waals surface area contributed by atoms with Gasteiger partial charge < -0.3 is 4.74 Å². The van der Waals surface area contributed by atoms with Gasteiger partial charge in [-0.25, -0.2) is 0 Å². The number of hydrogen-bond acceptors (Lipinski definition) is 3. The second-order valence-corrected chi connectivity index (χ2v) is 2.42. The van der Waals surface area contributed by atoms with Crippen molar-refractivity contribution >= 4 is 22.4 Å². The minimum absolute atomic E-state index is 0.375. The normalized spacial score (nSPS) is 7.45. The molecule has 60 valence electrons. The van der Waals surface area contributed by atoms with E-state index in [4.69, 9.17) is 4.79 Å². The third-order valence-electron chi connectivity index (χ3n) is 0.722. The first-order valence-electron chi connectivity index (χ1n) is 2.83. The Kier molecular flexibility index (Phi) is 6.62. The maximum absolute atomic E-state index is 8.95. The van der Waals surface area contributed by atoms with E-state index in [0.29, 0.717) is 6.47 Å². The van der Waals surface area contributed by atoms with Crippen molar-refractivity contribution in [2.24, 2.45) is 0 Å². The monoisotopic (exact) mass is 217 g/mol. The Bertz CT molecular complexity index is 191. The van der Waals surface area contributed by atoms with Gasteiger partial charge >= 0.3 is 0 Å². The molecule has 11 heavy (non-hydrogen) atoms. The number of rotatable bonds is 1. The van der Waals surface area contributed by atoms with Gasteiger partial charge in [0.15, 0.2) is 0 Å². The van der Waals surface area contributed by atoms with Gasteiger partial charge in [0.25, 0.3) is 6.47 Å². The lowest BCUT2D eigenvalue weighted by Crippen LogP contribution is -1.68. The molecule has 1 heterocycles. The van der Waals surface area contributed by atoms with Crippen molar-refractivity contribution in [3.8, 4) is 0 Å². The molecule has 0 bridgehead atoms. The van der Waals surface area contributed by atoms with Crippen LogP contribution in [0, 0.1) is 0 Å². The summed E-state index contributed by atoms with van der Waals surface area (Å²) in [6.07, 6.45) is 3.49. The zero-order chi connectivity index (χ0) is 8.53. The lowest BCUT2D eigenvalue weighted by molar-refractivity contribution is -0.126. The quantitative estimate of drug-likeness (QED) is 0.672. The Morgan fingerprint density at radius 3 is 2.55 bits per heavy atom. The number of pyridine rings is 1. The summed E-state index contributed by atoms with van der Waals surface area (Å²) < 4.78 is 4.88. The number of halogens is 1. The molecule has 3 nitrogen and oxygen atoms in total. The van der Waals surface area contributed by atoms with E-state index in [1.54, 1.807) is 12.4 Å². The van der Waals surface area contributed by atoms with Gasteiger partial charge in [0.2, 0.25) is 0 Å². The molecule has 0 aromatic carbocycles. The summed E-state index contributed by atoms with van der Waals surface area (Å²) in [5, 5.41) is 0. The number of methoxy groups -OCH3 is 1. The summed E-state index contributed by atoms with van der Waals surface area (Å²) in [6, 6.07) is 3.82. The molecule has 1 aromatic heterocycles. The largest absolute Gasteiger partial charge is 0.471 e. The summed E-state index contributed by atoms with van der Waals surface area (Å²) in [5.74, 6) is 0. The Morgan fingerprint density at radius 1 is 1.73 bits per heavy atom. The van der Waals surface area contributed by atoms with Crippen LogP contribution in [-0.2, 0) is 9.53 Å². The fourth-order valence-corrected chi connectivity index (χ4v) is 0.613. The second-order valence-electron chi connectivity index (χ2n) is 1.50. The molecule has 0 fully saturated rings. The van der Waals surface area contributed by atoms with Crippen molar-refractivity contribution in [1.82, 2.24) is 4.98 Å². The Hall–Kier alpha value is -0.900. The van der Waals surface area contributed by atoms with Crippen LogP contribution in [0.25, 0.3) is 0 Å². The molecule has 0 saturated heterocycles. The van der Waals surface area contributed by atoms with Crippen molar-refractivity contribution in [3.63, 3.8) is 0 Å². The van der Waals surface area contributed by atoms with E-state index >= 15 is 0 Å². The number of aromatic nitrogens is 1. The molecule has 0 aliphatic rings. The highest BCUT2D eigenvalue weighted by molar-refractivity contribution is 9.10. The number of carbonyl (C=O) groups is 1. The van der Waals surface area contributed by atoms with Gasteiger partial charge in [-0.3, -0.25) is 9.78 Å². The third kappa shape index (κ3) is 6.99. The summed E-state index contributed by atoms with van der Waals surface area (Å²) >= 11 is 3.25. The van der Waals surface area contributed by atoms with Crippen LogP contribution in [-0.4, -0.2) is 18.6 Å². The Morgan fingerprint density at radius 2 is 2.36 bits per heavy atom. The number of nitrogens with zero attached hydrogens (tertiary/aromatic N) is 1. The van der Waals surface area contributed by atoms with Crippen LogP contribution in [0.3, 0.4) is 0 Å². The molecular weight excluding hydrogens is 210 g/mol. The summed E-state index contributed by atoms with van der Waals surface area (Å²) in [5.41, 5.74) is 0. The molecule has 1 aromatic rings. The van der Waals surface area contributed by atoms with E-state index < -0.39 is 0 Å². The topological polar surface area (TPSA) is 39.2 Å². The van der Waals surface area contributed by atoms with E-state index in [2.05, 4.69) is 25.7 Å². The summed E-state index contributed by atoms with van der Waals surface area (Å²) in [4.78, 5) is 12.8. The van der Waals surface area contributed by atoms with Gasteiger partial charge in [-0.1, -0.05) is 0 Å². The lowest BCUT2D eigenvalue weighted by atomic mass is 10.5. The molecule has 0 radical (unpaired) electrons. The molecule has 0 N–H and O–H groups in total.